The van der Waals surface area contributed by atoms with Crippen molar-refractivity contribution in [1.29, 1.82) is 0 Å². The predicted octanol–water partition coefficient (Wildman–Crippen LogP) is 5.98. The van der Waals surface area contributed by atoms with Gasteiger partial charge in [0.15, 0.2) is 0 Å². The fourth-order valence-corrected chi connectivity index (χ4v) is 5.42. The Bertz CT molecular complexity index is 1510. The van der Waals surface area contributed by atoms with E-state index in [0.717, 1.165) is 28.9 Å². The number of nitrogens with one attached hydrogen (secondary N) is 2. The Morgan fingerprint density at radius 1 is 0.974 bits per heavy atom. The van der Waals surface area contributed by atoms with Gasteiger partial charge in [-0.15, -0.1) is 0 Å². The summed E-state index contributed by atoms with van der Waals surface area (Å²) in [5.41, 5.74) is 4.65. The SMILES string of the molecule is Cc1ccc([C@@H]2C[C@H](CN[C@H](C)c3cccc4ccccc34)Oc3ccccc32)cc1C(=O)NC(C)C(=O)O. The minimum Gasteiger partial charge on any atom is -0.489 e. The molecule has 0 fully saturated rings. The molecule has 4 aromatic carbocycles. The van der Waals surface area contributed by atoms with Gasteiger partial charge in [-0.3, -0.25) is 9.59 Å². The number of benzene rings is 4. The first-order valence-corrected chi connectivity index (χ1v) is 13.4. The van der Waals surface area contributed by atoms with Gasteiger partial charge in [0.1, 0.15) is 17.9 Å². The molecule has 0 saturated heterocycles. The minimum absolute atomic E-state index is 0.0404. The van der Waals surface area contributed by atoms with E-state index in [1.54, 1.807) is 0 Å². The lowest BCUT2D eigenvalue weighted by molar-refractivity contribution is -0.138. The van der Waals surface area contributed by atoms with E-state index in [2.05, 4.69) is 72.2 Å². The summed E-state index contributed by atoms with van der Waals surface area (Å²) in [5, 5.41) is 18.0. The van der Waals surface area contributed by atoms with Crippen molar-refractivity contribution in [1.82, 2.24) is 10.6 Å². The number of carboxylic acids is 1. The Balaban J connectivity index is 1.37. The largest absolute Gasteiger partial charge is 0.489 e. The fourth-order valence-electron chi connectivity index (χ4n) is 5.42. The number of hydrogen-bond donors (Lipinski definition) is 3. The second kappa shape index (κ2) is 11.3. The van der Waals surface area contributed by atoms with E-state index in [0.29, 0.717) is 12.1 Å². The van der Waals surface area contributed by atoms with Crippen molar-refractivity contribution < 1.29 is 19.4 Å². The normalized spacial score (nSPS) is 18.0. The number of hydrogen-bond acceptors (Lipinski definition) is 4. The third-order valence-electron chi connectivity index (χ3n) is 7.65. The van der Waals surface area contributed by atoms with Crippen molar-refractivity contribution in [3.05, 3.63) is 113 Å². The van der Waals surface area contributed by atoms with Crippen molar-refractivity contribution in [2.45, 2.75) is 51.3 Å². The first-order valence-electron chi connectivity index (χ1n) is 13.4. The van der Waals surface area contributed by atoms with Gasteiger partial charge in [0.05, 0.1) is 0 Å². The summed E-state index contributed by atoms with van der Waals surface area (Å²) in [7, 11) is 0. The van der Waals surface area contributed by atoms with Crippen LogP contribution in [0.5, 0.6) is 5.75 Å². The zero-order valence-electron chi connectivity index (χ0n) is 22.5. The molecule has 1 amide bonds. The minimum atomic E-state index is -1.07. The van der Waals surface area contributed by atoms with Crippen LogP contribution in [-0.4, -0.2) is 35.7 Å². The molecular weight excluding hydrogens is 488 g/mol. The quantitative estimate of drug-likeness (QED) is 0.265. The summed E-state index contributed by atoms with van der Waals surface area (Å²) >= 11 is 0. The molecule has 0 aromatic heterocycles. The zero-order chi connectivity index (χ0) is 27.5. The highest BCUT2D eigenvalue weighted by Crippen LogP contribution is 2.41. The van der Waals surface area contributed by atoms with Gasteiger partial charge in [0.25, 0.3) is 5.91 Å². The molecule has 5 rings (SSSR count). The molecule has 4 aromatic rings. The van der Waals surface area contributed by atoms with E-state index in [1.807, 2.05) is 37.3 Å². The van der Waals surface area contributed by atoms with Crippen LogP contribution in [0.4, 0.5) is 0 Å². The summed E-state index contributed by atoms with van der Waals surface area (Å²) in [6.07, 6.45) is 0.690. The number of carbonyl (C=O) groups is 2. The highest BCUT2D eigenvalue weighted by molar-refractivity contribution is 5.98. The number of aliphatic carboxylic acids is 1. The van der Waals surface area contributed by atoms with Crippen molar-refractivity contribution >= 4 is 22.6 Å². The molecule has 1 heterocycles. The van der Waals surface area contributed by atoms with Crippen LogP contribution >= 0.6 is 0 Å². The lowest BCUT2D eigenvalue weighted by atomic mass is 9.83. The summed E-state index contributed by atoms with van der Waals surface area (Å²) in [5.74, 6) is -0.557. The van der Waals surface area contributed by atoms with Gasteiger partial charge in [0.2, 0.25) is 0 Å². The Morgan fingerprint density at radius 2 is 1.72 bits per heavy atom. The highest BCUT2D eigenvalue weighted by Gasteiger charge is 2.30. The molecule has 200 valence electrons. The summed E-state index contributed by atoms with van der Waals surface area (Å²) < 4.78 is 6.43. The molecule has 0 aliphatic carbocycles. The first-order chi connectivity index (χ1) is 18.8. The summed E-state index contributed by atoms with van der Waals surface area (Å²) in [6, 6.07) is 28.0. The van der Waals surface area contributed by atoms with E-state index in [9.17, 15) is 14.7 Å². The number of carbonyl (C=O) groups excluding carboxylic acids is 1. The van der Waals surface area contributed by atoms with Crippen molar-refractivity contribution in [2.24, 2.45) is 0 Å². The molecule has 1 aliphatic rings. The number of fused-ring (bicyclic) bond motifs is 2. The van der Waals surface area contributed by atoms with E-state index >= 15 is 0 Å². The number of carboxylic acid groups (broad SMARTS) is 1. The second-order valence-corrected chi connectivity index (χ2v) is 10.4. The Morgan fingerprint density at radius 3 is 2.54 bits per heavy atom. The van der Waals surface area contributed by atoms with Crippen LogP contribution in [0.1, 0.15) is 64.8 Å². The van der Waals surface area contributed by atoms with Crippen LogP contribution in [0.3, 0.4) is 0 Å². The van der Waals surface area contributed by atoms with Crippen LogP contribution < -0.4 is 15.4 Å². The standard InChI is InChI=1S/C33H34N2O4/c1-20-15-16-24(17-29(20)32(36)35-22(3)33(37)38)30-18-25(39-31-14-7-6-12-28(30)31)19-34-21(2)26-13-8-10-23-9-4-5-11-27(23)26/h4-17,21-22,25,30,34H,18-19H2,1-3H3,(H,35,36)(H,37,38)/t21-,22?,25-,30+/m1/s1. The van der Waals surface area contributed by atoms with Gasteiger partial charge >= 0.3 is 5.97 Å². The molecule has 1 aliphatic heterocycles. The van der Waals surface area contributed by atoms with Crippen molar-refractivity contribution in [3.8, 4) is 5.75 Å². The highest BCUT2D eigenvalue weighted by atomic mass is 16.5. The molecule has 3 N–H and O–H groups in total. The third-order valence-corrected chi connectivity index (χ3v) is 7.65. The average Bonchev–Trinajstić information content (AvgIpc) is 2.95. The van der Waals surface area contributed by atoms with Crippen LogP contribution in [0, 0.1) is 6.92 Å². The molecule has 6 nitrogen and oxygen atoms in total. The lowest BCUT2D eigenvalue weighted by Crippen LogP contribution is -2.38. The van der Waals surface area contributed by atoms with Gasteiger partial charge in [-0.2, -0.15) is 0 Å². The molecule has 0 radical (unpaired) electrons. The van der Waals surface area contributed by atoms with Crippen LogP contribution in [0.15, 0.2) is 84.9 Å². The molecule has 4 atom stereocenters. The predicted molar refractivity (Wildman–Crippen MR) is 153 cm³/mol. The molecule has 1 unspecified atom stereocenters. The number of para-hydroxylation sites is 1. The van der Waals surface area contributed by atoms with Gasteiger partial charge < -0.3 is 20.5 Å². The summed E-state index contributed by atoms with van der Waals surface area (Å²) in [4.78, 5) is 24.2. The number of aryl methyl sites for hydroxylation is 1. The zero-order valence-corrected chi connectivity index (χ0v) is 22.5. The van der Waals surface area contributed by atoms with Gasteiger partial charge in [-0.05, 0) is 66.8 Å². The first kappa shape index (κ1) is 26.4. The molecule has 0 spiro atoms. The molecule has 0 saturated carbocycles. The fraction of sp³-hybridized carbons (Fsp3) is 0.273. The maximum atomic E-state index is 12.9. The van der Waals surface area contributed by atoms with Crippen LogP contribution in [-0.2, 0) is 4.79 Å². The molecule has 39 heavy (non-hydrogen) atoms. The van der Waals surface area contributed by atoms with Gasteiger partial charge in [0, 0.05) is 29.6 Å². The molecular formula is C33H34N2O4. The second-order valence-electron chi connectivity index (χ2n) is 10.4. The van der Waals surface area contributed by atoms with E-state index < -0.39 is 12.0 Å². The molecule has 0 bridgehead atoms. The number of rotatable bonds is 8. The van der Waals surface area contributed by atoms with Gasteiger partial charge in [-0.25, -0.2) is 0 Å². The Kier molecular flexibility index (Phi) is 7.66. The van der Waals surface area contributed by atoms with E-state index in [4.69, 9.17) is 4.74 Å². The number of ether oxygens (including phenoxy) is 1. The van der Waals surface area contributed by atoms with Gasteiger partial charge in [-0.1, -0.05) is 72.8 Å². The summed E-state index contributed by atoms with van der Waals surface area (Å²) in [6.45, 7) is 6.18. The van der Waals surface area contributed by atoms with Crippen molar-refractivity contribution in [2.75, 3.05) is 6.54 Å². The van der Waals surface area contributed by atoms with Crippen LogP contribution in [0.2, 0.25) is 0 Å². The topological polar surface area (TPSA) is 87.7 Å². The average molecular weight is 523 g/mol. The van der Waals surface area contributed by atoms with Crippen LogP contribution in [0.25, 0.3) is 10.8 Å². The smallest absolute Gasteiger partial charge is 0.325 e. The van der Waals surface area contributed by atoms with Crippen molar-refractivity contribution in [3.63, 3.8) is 0 Å². The maximum absolute atomic E-state index is 12.9. The van der Waals surface area contributed by atoms with E-state index in [-0.39, 0.29) is 24.0 Å². The third kappa shape index (κ3) is 5.66. The monoisotopic (exact) mass is 522 g/mol. The van der Waals surface area contributed by atoms with E-state index in [1.165, 1.54) is 23.3 Å². The lowest BCUT2D eigenvalue weighted by Gasteiger charge is -2.33. The Labute approximate surface area is 229 Å². The number of amides is 1. The Hall–Kier alpha value is -4.16. The maximum Gasteiger partial charge on any atom is 0.325 e. The molecule has 6 heteroatoms.